The predicted molar refractivity (Wildman–Crippen MR) is 87.4 cm³/mol. The van der Waals surface area contributed by atoms with Gasteiger partial charge in [-0.1, -0.05) is 0 Å². The maximum atomic E-state index is 6.04. The smallest absolute Gasteiger partial charge is 0.231 e. The average molecular weight is 327 g/mol. The van der Waals surface area contributed by atoms with Gasteiger partial charge in [0.1, 0.15) is 0 Å². The SMILES string of the molecule is CCN(CC)c1nc(Cl)nc(N(C)Cc2scnc2C)n1. The van der Waals surface area contributed by atoms with Crippen molar-refractivity contribution in [3.8, 4) is 0 Å². The quantitative estimate of drug-likeness (QED) is 0.813. The second-order valence-electron chi connectivity index (χ2n) is 4.59. The van der Waals surface area contributed by atoms with Gasteiger partial charge in [0, 0.05) is 25.0 Å². The highest BCUT2D eigenvalue weighted by Gasteiger charge is 2.14. The maximum Gasteiger partial charge on any atom is 0.231 e. The number of hydrogen-bond donors (Lipinski definition) is 0. The van der Waals surface area contributed by atoms with Gasteiger partial charge >= 0.3 is 0 Å². The molecule has 0 saturated carbocycles. The summed E-state index contributed by atoms with van der Waals surface area (Å²) in [4.78, 5) is 22.4. The normalized spacial score (nSPS) is 10.7. The van der Waals surface area contributed by atoms with E-state index in [0.717, 1.165) is 18.8 Å². The largest absolute Gasteiger partial charge is 0.341 e. The van der Waals surface area contributed by atoms with Gasteiger partial charge < -0.3 is 9.80 Å². The van der Waals surface area contributed by atoms with E-state index < -0.39 is 0 Å². The van der Waals surface area contributed by atoms with Gasteiger partial charge in [-0.25, -0.2) is 4.98 Å². The fourth-order valence-corrected chi connectivity index (χ4v) is 2.89. The number of anilines is 2. The van der Waals surface area contributed by atoms with Gasteiger partial charge in [0.15, 0.2) is 0 Å². The van der Waals surface area contributed by atoms with Crippen LogP contribution in [-0.4, -0.2) is 40.1 Å². The first-order chi connectivity index (χ1) is 10.0. The number of nitrogens with zero attached hydrogens (tertiary/aromatic N) is 6. The third kappa shape index (κ3) is 3.79. The number of halogens is 1. The minimum atomic E-state index is 0.217. The fourth-order valence-electron chi connectivity index (χ4n) is 1.91. The summed E-state index contributed by atoms with van der Waals surface area (Å²) in [5, 5.41) is 0.217. The van der Waals surface area contributed by atoms with Crippen molar-refractivity contribution in [2.75, 3.05) is 29.9 Å². The lowest BCUT2D eigenvalue weighted by molar-refractivity contribution is 0.792. The zero-order valence-corrected chi connectivity index (χ0v) is 14.2. The van der Waals surface area contributed by atoms with E-state index in [0.29, 0.717) is 18.4 Å². The van der Waals surface area contributed by atoms with E-state index in [1.54, 1.807) is 11.3 Å². The Morgan fingerprint density at radius 3 is 2.38 bits per heavy atom. The van der Waals surface area contributed by atoms with Crippen LogP contribution in [-0.2, 0) is 6.54 Å². The molecule has 0 bridgehead atoms. The van der Waals surface area contributed by atoms with Crippen LogP contribution in [0, 0.1) is 6.92 Å². The number of aromatic nitrogens is 4. The summed E-state index contributed by atoms with van der Waals surface area (Å²) >= 11 is 7.67. The van der Waals surface area contributed by atoms with E-state index in [2.05, 4.69) is 33.8 Å². The van der Waals surface area contributed by atoms with Gasteiger partial charge in [0.25, 0.3) is 0 Å². The fraction of sp³-hybridized carbons (Fsp3) is 0.538. The van der Waals surface area contributed by atoms with E-state index in [9.17, 15) is 0 Å². The molecule has 8 heteroatoms. The number of aryl methyl sites for hydroxylation is 1. The van der Waals surface area contributed by atoms with E-state index in [-0.39, 0.29) is 5.28 Å². The van der Waals surface area contributed by atoms with Crippen LogP contribution in [0.1, 0.15) is 24.4 Å². The standard InChI is InChI=1S/C13H19ClN6S/c1-5-20(6-2)13-17-11(14)16-12(18-13)19(4)7-10-9(3)15-8-21-10/h8H,5-7H2,1-4H3. The average Bonchev–Trinajstić information content (AvgIpc) is 2.85. The Morgan fingerprint density at radius 2 is 1.81 bits per heavy atom. The molecule has 0 aromatic carbocycles. The monoisotopic (exact) mass is 326 g/mol. The summed E-state index contributed by atoms with van der Waals surface area (Å²) in [6, 6.07) is 0. The van der Waals surface area contributed by atoms with E-state index in [1.807, 2.05) is 29.3 Å². The molecule has 21 heavy (non-hydrogen) atoms. The minimum Gasteiger partial charge on any atom is -0.341 e. The van der Waals surface area contributed by atoms with Gasteiger partial charge in [-0.15, -0.1) is 11.3 Å². The topological polar surface area (TPSA) is 58.0 Å². The molecular formula is C13H19ClN6S. The van der Waals surface area contributed by atoms with Gasteiger partial charge in [0.2, 0.25) is 17.2 Å². The Hall–Kier alpha value is -1.47. The van der Waals surface area contributed by atoms with E-state index >= 15 is 0 Å². The molecule has 0 spiro atoms. The zero-order chi connectivity index (χ0) is 15.4. The third-order valence-electron chi connectivity index (χ3n) is 3.20. The molecule has 0 unspecified atom stereocenters. The summed E-state index contributed by atoms with van der Waals surface area (Å²) in [6.07, 6.45) is 0. The van der Waals surface area contributed by atoms with Crippen LogP contribution in [0.15, 0.2) is 5.51 Å². The summed E-state index contributed by atoms with van der Waals surface area (Å²) in [7, 11) is 1.94. The summed E-state index contributed by atoms with van der Waals surface area (Å²) in [5.74, 6) is 1.19. The molecule has 0 aliphatic rings. The van der Waals surface area contributed by atoms with Crippen LogP contribution < -0.4 is 9.80 Å². The highest BCUT2D eigenvalue weighted by Crippen LogP contribution is 2.20. The molecule has 0 amide bonds. The molecule has 2 rings (SSSR count). The maximum absolute atomic E-state index is 6.04. The summed E-state index contributed by atoms with van der Waals surface area (Å²) in [5.41, 5.74) is 2.89. The molecule has 0 fully saturated rings. The molecule has 0 saturated heterocycles. The molecule has 2 aromatic heterocycles. The third-order valence-corrected chi connectivity index (χ3v) is 4.29. The van der Waals surface area contributed by atoms with Crippen LogP contribution in [0.5, 0.6) is 0 Å². The van der Waals surface area contributed by atoms with Crippen molar-refractivity contribution in [2.24, 2.45) is 0 Å². The molecule has 114 valence electrons. The predicted octanol–water partition coefficient (Wildman–Crippen LogP) is 2.77. The lowest BCUT2D eigenvalue weighted by Gasteiger charge is -2.21. The van der Waals surface area contributed by atoms with Crippen LogP contribution >= 0.6 is 22.9 Å². The molecule has 2 heterocycles. The molecule has 0 radical (unpaired) electrons. The first kappa shape index (κ1) is 15.9. The molecule has 2 aromatic rings. The second kappa shape index (κ2) is 7.00. The highest BCUT2D eigenvalue weighted by atomic mass is 35.5. The van der Waals surface area contributed by atoms with Crippen molar-refractivity contribution >= 4 is 34.8 Å². The Bertz CT molecular complexity index is 598. The Morgan fingerprint density at radius 1 is 1.14 bits per heavy atom. The van der Waals surface area contributed by atoms with Crippen molar-refractivity contribution in [3.05, 3.63) is 21.4 Å². The first-order valence-electron chi connectivity index (χ1n) is 6.81. The highest BCUT2D eigenvalue weighted by molar-refractivity contribution is 7.09. The van der Waals surface area contributed by atoms with Crippen molar-refractivity contribution in [3.63, 3.8) is 0 Å². The van der Waals surface area contributed by atoms with Crippen molar-refractivity contribution < 1.29 is 0 Å². The first-order valence-corrected chi connectivity index (χ1v) is 8.07. The Kier molecular flexibility index (Phi) is 5.30. The van der Waals surface area contributed by atoms with Crippen LogP contribution in [0.4, 0.5) is 11.9 Å². The van der Waals surface area contributed by atoms with Crippen LogP contribution in [0.2, 0.25) is 5.28 Å². The Labute approximate surface area is 133 Å². The summed E-state index contributed by atoms with van der Waals surface area (Å²) < 4.78 is 0. The number of thiazole rings is 1. The molecule has 0 atom stereocenters. The van der Waals surface area contributed by atoms with E-state index in [4.69, 9.17) is 11.6 Å². The lowest BCUT2D eigenvalue weighted by atomic mass is 10.4. The van der Waals surface area contributed by atoms with Crippen LogP contribution in [0.3, 0.4) is 0 Å². The molecule has 0 aliphatic carbocycles. The zero-order valence-electron chi connectivity index (χ0n) is 12.7. The van der Waals surface area contributed by atoms with Gasteiger partial charge in [-0.05, 0) is 32.4 Å². The van der Waals surface area contributed by atoms with E-state index in [1.165, 1.54) is 4.88 Å². The molecule has 6 nitrogen and oxygen atoms in total. The minimum absolute atomic E-state index is 0.217. The van der Waals surface area contributed by atoms with Gasteiger partial charge in [0.05, 0.1) is 17.7 Å². The van der Waals surface area contributed by atoms with Crippen molar-refractivity contribution in [2.45, 2.75) is 27.3 Å². The van der Waals surface area contributed by atoms with Crippen molar-refractivity contribution in [1.29, 1.82) is 0 Å². The van der Waals surface area contributed by atoms with Crippen LogP contribution in [0.25, 0.3) is 0 Å². The van der Waals surface area contributed by atoms with Crippen molar-refractivity contribution in [1.82, 2.24) is 19.9 Å². The van der Waals surface area contributed by atoms with Gasteiger partial charge in [-0.3, -0.25) is 0 Å². The molecular weight excluding hydrogens is 308 g/mol. The summed E-state index contributed by atoms with van der Waals surface area (Å²) in [6.45, 7) is 8.48. The number of rotatable bonds is 6. The number of hydrogen-bond acceptors (Lipinski definition) is 7. The molecule has 0 N–H and O–H groups in total. The Balaban J connectivity index is 2.24. The molecule has 0 aliphatic heterocycles. The van der Waals surface area contributed by atoms with Gasteiger partial charge in [-0.2, -0.15) is 15.0 Å². The second-order valence-corrected chi connectivity index (χ2v) is 5.87. The lowest BCUT2D eigenvalue weighted by Crippen LogP contribution is -2.26.